The lowest BCUT2D eigenvalue weighted by Crippen LogP contribution is -2.62. The van der Waals surface area contributed by atoms with Gasteiger partial charge in [0.25, 0.3) is 0 Å². The molecule has 80 valence electrons. The molecule has 0 fully saturated rings. The average molecular weight is 202 g/mol. The number of hydrogen-bond donors (Lipinski definition) is 0. The van der Waals surface area contributed by atoms with Crippen molar-refractivity contribution in [1.29, 1.82) is 0 Å². The van der Waals surface area contributed by atoms with Crippen molar-refractivity contribution in [2.24, 2.45) is 0 Å². The van der Waals surface area contributed by atoms with E-state index in [-0.39, 0.29) is 0 Å². The van der Waals surface area contributed by atoms with E-state index in [0.29, 0.717) is 0 Å². The van der Waals surface area contributed by atoms with Gasteiger partial charge >= 0.3 is 0 Å². The minimum Gasteiger partial charge on any atom is -0.315 e. The van der Waals surface area contributed by atoms with Crippen LogP contribution in [0, 0.1) is 0 Å². The van der Waals surface area contributed by atoms with Gasteiger partial charge in [0, 0.05) is 0 Å². The third kappa shape index (κ3) is 2.54. The van der Waals surface area contributed by atoms with Crippen molar-refractivity contribution in [2.75, 3.05) is 27.2 Å². The predicted molar refractivity (Wildman–Crippen MR) is 63.3 cm³/mol. The normalized spacial score (nSPS) is 12.9. The molecule has 0 aromatic heterocycles. The summed E-state index contributed by atoms with van der Waals surface area (Å²) in [4.78, 5) is 0. The van der Waals surface area contributed by atoms with E-state index in [4.69, 9.17) is 0 Å². The first-order valence-electron chi connectivity index (χ1n) is 5.51. The number of hydrogen-bond acceptors (Lipinski definition) is 2. The van der Waals surface area contributed by atoms with E-state index < -0.39 is 8.40 Å². The zero-order chi connectivity index (χ0) is 10.5. The van der Waals surface area contributed by atoms with E-state index in [1.54, 1.807) is 0 Å². The van der Waals surface area contributed by atoms with Gasteiger partial charge in [0.1, 0.15) is 0 Å². The fourth-order valence-electron chi connectivity index (χ4n) is 2.21. The van der Waals surface area contributed by atoms with Crippen molar-refractivity contribution in [1.82, 2.24) is 9.13 Å². The van der Waals surface area contributed by atoms with Gasteiger partial charge in [-0.05, 0) is 39.3 Å². The standard InChI is InChI=1S/C10H26N2Si/c1-7-11(5)13(9-3,10-4)12(6)8-2/h7-10H2,1-6H3. The lowest BCUT2D eigenvalue weighted by Gasteiger charge is -2.44. The van der Waals surface area contributed by atoms with Crippen LogP contribution >= 0.6 is 0 Å². The van der Waals surface area contributed by atoms with Crippen LogP contribution in [0.3, 0.4) is 0 Å². The molecule has 0 aliphatic rings. The first-order chi connectivity index (χ1) is 6.08. The van der Waals surface area contributed by atoms with Crippen LogP contribution in [0.15, 0.2) is 0 Å². The molecule has 13 heavy (non-hydrogen) atoms. The molecule has 0 saturated carbocycles. The molecule has 0 spiro atoms. The molecule has 0 atom stereocenters. The Morgan fingerprint density at radius 3 is 1.23 bits per heavy atom. The molecule has 0 aromatic carbocycles. The Morgan fingerprint density at radius 2 is 1.08 bits per heavy atom. The highest BCUT2D eigenvalue weighted by Gasteiger charge is 2.37. The smallest absolute Gasteiger partial charge is 0.205 e. The predicted octanol–water partition coefficient (Wildman–Crippen LogP) is 2.37. The summed E-state index contributed by atoms with van der Waals surface area (Å²) < 4.78 is 5.19. The Labute approximate surface area is 85.1 Å². The fourth-order valence-corrected chi connectivity index (χ4v) is 6.63. The van der Waals surface area contributed by atoms with Gasteiger partial charge in [0.2, 0.25) is 8.40 Å². The molecule has 0 N–H and O–H groups in total. The van der Waals surface area contributed by atoms with Gasteiger partial charge in [0.15, 0.2) is 0 Å². The van der Waals surface area contributed by atoms with Crippen LogP contribution < -0.4 is 0 Å². The van der Waals surface area contributed by atoms with E-state index in [1.165, 1.54) is 25.2 Å². The molecule has 0 amide bonds. The highest BCUT2D eigenvalue weighted by Crippen LogP contribution is 2.21. The molecule has 0 aliphatic heterocycles. The molecule has 0 radical (unpaired) electrons. The largest absolute Gasteiger partial charge is 0.315 e. The highest BCUT2D eigenvalue weighted by molar-refractivity contribution is 6.74. The summed E-state index contributed by atoms with van der Waals surface area (Å²) in [5, 5.41) is 0. The monoisotopic (exact) mass is 202 g/mol. The Balaban J connectivity index is 4.67. The lowest BCUT2D eigenvalue weighted by molar-refractivity contribution is 0.408. The molecule has 0 saturated heterocycles. The van der Waals surface area contributed by atoms with E-state index in [1.807, 2.05) is 0 Å². The molecule has 0 bridgehead atoms. The van der Waals surface area contributed by atoms with E-state index in [2.05, 4.69) is 50.9 Å². The topological polar surface area (TPSA) is 6.48 Å². The molecule has 2 nitrogen and oxygen atoms in total. The second-order valence-electron chi connectivity index (χ2n) is 3.72. The summed E-state index contributed by atoms with van der Waals surface area (Å²) in [5.41, 5.74) is 0. The Hall–Kier alpha value is 0.137. The second kappa shape index (κ2) is 5.78. The van der Waals surface area contributed by atoms with E-state index >= 15 is 0 Å². The van der Waals surface area contributed by atoms with Crippen LogP contribution in [-0.2, 0) is 0 Å². The molecule has 0 unspecified atom stereocenters. The SMILES string of the molecule is CCN(C)[Si](CC)(CC)N(C)CC. The van der Waals surface area contributed by atoms with Crippen molar-refractivity contribution in [3.8, 4) is 0 Å². The van der Waals surface area contributed by atoms with Gasteiger partial charge in [-0.15, -0.1) is 0 Å². The number of rotatable bonds is 6. The van der Waals surface area contributed by atoms with Crippen LogP contribution in [-0.4, -0.2) is 44.7 Å². The first-order valence-corrected chi connectivity index (χ1v) is 7.82. The Kier molecular flexibility index (Phi) is 5.84. The maximum atomic E-state index is 2.59. The van der Waals surface area contributed by atoms with Crippen molar-refractivity contribution in [2.45, 2.75) is 39.8 Å². The minimum atomic E-state index is -1.28. The van der Waals surface area contributed by atoms with Gasteiger partial charge < -0.3 is 9.13 Å². The van der Waals surface area contributed by atoms with Gasteiger partial charge in [-0.3, -0.25) is 0 Å². The molecular weight excluding hydrogens is 176 g/mol. The van der Waals surface area contributed by atoms with Crippen LogP contribution in [0.2, 0.25) is 12.1 Å². The zero-order valence-corrected chi connectivity index (χ0v) is 11.2. The van der Waals surface area contributed by atoms with Crippen molar-refractivity contribution < 1.29 is 0 Å². The fraction of sp³-hybridized carbons (Fsp3) is 1.00. The van der Waals surface area contributed by atoms with Crippen LogP contribution in [0.4, 0.5) is 0 Å². The van der Waals surface area contributed by atoms with E-state index in [0.717, 1.165) is 0 Å². The molecule has 0 rings (SSSR count). The third-order valence-corrected chi connectivity index (χ3v) is 9.24. The maximum absolute atomic E-state index is 2.59. The first kappa shape index (κ1) is 13.1. The zero-order valence-electron chi connectivity index (χ0n) is 10.2. The van der Waals surface area contributed by atoms with Crippen LogP contribution in [0.1, 0.15) is 27.7 Å². The summed E-state index contributed by atoms with van der Waals surface area (Å²) in [6, 6.07) is 2.66. The average Bonchev–Trinajstić information content (AvgIpc) is 2.19. The summed E-state index contributed by atoms with van der Waals surface area (Å²) in [6.07, 6.45) is 0. The van der Waals surface area contributed by atoms with Gasteiger partial charge in [-0.2, -0.15) is 0 Å². The second-order valence-corrected chi connectivity index (χ2v) is 8.62. The summed E-state index contributed by atoms with van der Waals surface area (Å²) >= 11 is 0. The quantitative estimate of drug-likeness (QED) is 0.610. The van der Waals surface area contributed by atoms with Crippen molar-refractivity contribution in [3.05, 3.63) is 0 Å². The summed E-state index contributed by atoms with van der Waals surface area (Å²) in [6.45, 7) is 11.6. The number of nitrogens with zero attached hydrogens (tertiary/aromatic N) is 2. The third-order valence-electron chi connectivity index (χ3n) is 3.50. The molecule has 0 heterocycles. The van der Waals surface area contributed by atoms with Gasteiger partial charge in [0.05, 0.1) is 0 Å². The van der Waals surface area contributed by atoms with Crippen LogP contribution in [0.5, 0.6) is 0 Å². The summed E-state index contributed by atoms with van der Waals surface area (Å²) in [7, 11) is 3.28. The Bertz CT molecular complexity index is 123. The summed E-state index contributed by atoms with van der Waals surface area (Å²) in [5.74, 6) is 0. The maximum Gasteiger partial charge on any atom is 0.205 e. The van der Waals surface area contributed by atoms with Crippen LogP contribution in [0.25, 0.3) is 0 Å². The molecule has 0 aromatic rings. The molecule has 3 heteroatoms. The van der Waals surface area contributed by atoms with Crippen molar-refractivity contribution in [3.63, 3.8) is 0 Å². The lowest BCUT2D eigenvalue weighted by atomic mass is 10.8. The van der Waals surface area contributed by atoms with Gasteiger partial charge in [-0.25, -0.2) is 0 Å². The van der Waals surface area contributed by atoms with E-state index in [9.17, 15) is 0 Å². The molecule has 0 aliphatic carbocycles. The molecular formula is C10H26N2Si. The minimum absolute atomic E-state index is 1.18. The highest BCUT2D eigenvalue weighted by atomic mass is 28.3. The Morgan fingerprint density at radius 1 is 0.769 bits per heavy atom. The van der Waals surface area contributed by atoms with Gasteiger partial charge in [-0.1, -0.05) is 27.7 Å². The van der Waals surface area contributed by atoms with Crippen molar-refractivity contribution >= 4 is 8.40 Å².